The molecule has 2 rings (SSSR count). The maximum Gasteiger partial charge on any atom is 0.0224 e. The van der Waals surface area contributed by atoms with Gasteiger partial charge in [0, 0.05) is 25.2 Å². The van der Waals surface area contributed by atoms with Crippen molar-refractivity contribution in [1.29, 1.82) is 0 Å². The lowest BCUT2D eigenvalue weighted by Crippen LogP contribution is -2.58. The molecule has 0 bridgehead atoms. The first-order valence-corrected chi connectivity index (χ1v) is 5.38. The fraction of sp³-hybridized carbons (Fsp3) is 1.00. The molecule has 2 aliphatic rings. The summed E-state index contributed by atoms with van der Waals surface area (Å²) in [6.07, 6.45) is 5.60. The van der Waals surface area contributed by atoms with Gasteiger partial charge in [-0.05, 0) is 25.8 Å². The lowest BCUT2D eigenvalue weighted by Gasteiger charge is -2.45. The van der Waals surface area contributed by atoms with Crippen LogP contribution >= 0.6 is 0 Å². The Morgan fingerprint density at radius 3 is 3.08 bits per heavy atom. The topological polar surface area (TPSA) is 15.3 Å². The average molecular weight is 168 g/mol. The molecule has 0 aromatic carbocycles. The van der Waals surface area contributed by atoms with Crippen molar-refractivity contribution in [3.63, 3.8) is 0 Å². The summed E-state index contributed by atoms with van der Waals surface area (Å²) in [5.74, 6) is 0. The second kappa shape index (κ2) is 3.75. The summed E-state index contributed by atoms with van der Waals surface area (Å²) in [5.41, 5.74) is 0. The SMILES string of the molecule is CCC1CNCC2CCCCN12. The summed E-state index contributed by atoms with van der Waals surface area (Å²) in [4.78, 5) is 2.74. The highest BCUT2D eigenvalue weighted by molar-refractivity contribution is 4.88. The summed E-state index contributed by atoms with van der Waals surface area (Å²) in [6, 6.07) is 1.68. The van der Waals surface area contributed by atoms with Gasteiger partial charge in [0.15, 0.2) is 0 Å². The molecule has 2 nitrogen and oxygen atoms in total. The van der Waals surface area contributed by atoms with Crippen molar-refractivity contribution in [2.45, 2.75) is 44.7 Å². The first-order chi connectivity index (χ1) is 5.92. The van der Waals surface area contributed by atoms with Crippen LogP contribution in [-0.4, -0.2) is 36.6 Å². The van der Waals surface area contributed by atoms with Crippen LogP contribution < -0.4 is 5.32 Å². The molecule has 2 aliphatic heterocycles. The highest BCUT2D eigenvalue weighted by atomic mass is 15.2. The second-order valence-electron chi connectivity index (χ2n) is 4.11. The lowest BCUT2D eigenvalue weighted by atomic mass is 9.96. The zero-order valence-electron chi connectivity index (χ0n) is 8.05. The van der Waals surface area contributed by atoms with Crippen LogP contribution in [0.2, 0.25) is 0 Å². The van der Waals surface area contributed by atoms with Crippen LogP contribution in [0.1, 0.15) is 32.6 Å². The molecule has 2 unspecified atom stereocenters. The zero-order valence-corrected chi connectivity index (χ0v) is 8.05. The molecule has 0 saturated carbocycles. The largest absolute Gasteiger partial charge is 0.314 e. The molecule has 2 atom stereocenters. The summed E-state index contributed by atoms with van der Waals surface area (Å²) in [6.45, 7) is 6.11. The molecule has 2 heteroatoms. The Labute approximate surface area is 75.3 Å². The molecule has 0 radical (unpaired) electrons. The van der Waals surface area contributed by atoms with Crippen LogP contribution in [0.15, 0.2) is 0 Å². The van der Waals surface area contributed by atoms with Crippen LogP contribution in [0.5, 0.6) is 0 Å². The summed E-state index contributed by atoms with van der Waals surface area (Å²) in [5, 5.41) is 3.54. The summed E-state index contributed by atoms with van der Waals surface area (Å²) >= 11 is 0. The van der Waals surface area contributed by atoms with Crippen LogP contribution in [0.4, 0.5) is 0 Å². The Morgan fingerprint density at radius 1 is 1.33 bits per heavy atom. The van der Waals surface area contributed by atoms with Crippen LogP contribution in [0, 0.1) is 0 Å². The van der Waals surface area contributed by atoms with Gasteiger partial charge in [-0.15, -0.1) is 0 Å². The quantitative estimate of drug-likeness (QED) is 0.633. The molecule has 0 aromatic rings. The number of piperazine rings is 1. The maximum absolute atomic E-state index is 3.54. The van der Waals surface area contributed by atoms with Gasteiger partial charge in [-0.25, -0.2) is 0 Å². The molecule has 0 amide bonds. The molecule has 70 valence electrons. The van der Waals surface area contributed by atoms with Gasteiger partial charge in [0.25, 0.3) is 0 Å². The van der Waals surface area contributed by atoms with Gasteiger partial charge >= 0.3 is 0 Å². The fourth-order valence-electron chi connectivity index (χ4n) is 2.64. The first kappa shape index (κ1) is 8.52. The fourth-order valence-corrected chi connectivity index (χ4v) is 2.64. The van der Waals surface area contributed by atoms with E-state index in [4.69, 9.17) is 0 Å². The Morgan fingerprint density at radius 2 is 2.25 bits per heavy atom. The van der Waals surface area contributed by atoms with Crippen molar-refractivity contribution in [2.24, 2.45) is 0 Å². The molecule has 0 aromatic heterocycles. The molecule has 2 saturated heterocycles. The van der Waals surface area contributed by atoms with Crippen LogP contribution in [0.3, 0.4) is 0 Å². The lowest BCUT2D eigenvalue weighted by molar-refractivity contribution is 0.0628. The van der Waals surface area contributed by atoms with Crippen LogP contribution in [-0.2, 0) is 0 Å². The Hall–Kier alpha value is -0.0800. The molecule has 0 spiro atoms. The third-order valence-corrected chi connectivity index (χ3v) is 3.37. The first-order valence-electron chi connectivity index (χ1n) is 5.38. The molecule has 12 heavy (non-hydrogen) atoms. The van der Waals surface area contributed by atoms with Crippen molar-refractivity contribution < 1.29 is 0 Å². The minimum atomic E-state index is 0.823. The third kappa shape index (κ3) is 1.50. The van der Waals surface area contributed by atoms with E-state index in [1.165, 1.54) is 45.3 Å². The standard InChI is InChI=1S/C10H20N2/c1-2-9-7-11-8-10-5-3-4-6-12(9)10/h9-11H,2-8H2,1H3. The van der Waals surface area contributed by atoms with Crippen LogP contribution in [0.25, 0.3) is 0 Å². The number of fused-ring (bicyclic) bond motifs is 1. The normalized spacial score (nSPS) is 37.8. The van der Waals surface area contributed by atoms with E-state index in [1.807, 2.05) is 0 Å². The van der Waals surface area contributed by atoms with Gasteiger partial charge in [0.05, 0.1) is 0 Å². The Kier molecular flexibility index (Phi) is 2.66. The van der Waals surface area contributed by atoms with E-state index < -0.39 is 0 Å². The van der Waals surface area contributed by atoms with Gasteiger partial charge in [0.2, 0.25) is 0 Å². The highest BCUT2D eigenvalue weighted by Crippen LogP contribution is 2.22. The number of nitrogens with one attached hydrogen (secondary N) is 1. The Balaban J connectivity index is 1.99. The van der Waals surface area contributed by atoms with E-state index in [0.29, 0.717) is 0 Å². The number of piperidine rings is 1. The van der Waals surface area contributed by atoms with E-state index in [-0.39, 0.29) is 0 Å². The predicted molar refractivity (Wildman–Crippen MR) is 51.3 cm³/mol. The van der Waals surface area contributed by atoms with Gasteiger partial charge < -0.3 is 5.32 Å². The second-order valence-corrected chi connectivity index (χ2v) is 4.11. The van der Waals surface area contributed by atoms with Gasteiger partial charge in [-0.2, -0.15) is 0 Å². The highest BCUT2D eigenvalue weighted by Gasteiger charge is 2.30. The third-order valence-electron chi connectivity index (χ3n) is 3.37. The zero-order chi connectivity index (χ0) is 8.39. The van der Waals surface area contributed by atoms with E-state index in [9.17, 15) is 0 Å². The number of hydrogen-bond acceptors (Lipinski definition) is 2. The van der Waals surface area contributed by atoms with E-state index >= 15 is 0 Å². The molecular weight excluding hydrogens is 148 g/mol. The van der Waals surface area contributed by atoms with E-state index in [1.54, 1.807) is 0 Å². The predicted octanol–water partition coefficient (Wildman–Crippen LogP) is 1.22. The number of rotatable bonds is 1. The average Bonchev–Trinajstić information content (AvgIpc) is 2.17. The Bertz CT molecular complexity index is 138. The van der Waals surface area contributed by atoms with E-state index in [2.05, 4.69) is 17.1 Å². The minimum Gasteiger partial charge on any atom is -0.314 e. The van der Waals surface area contributed by atoms with Crippen molar-refractivity contribution in [3.05, 3.63) is 0 Å². The smallest absolute Gasteiger partial charge is 0.0224 e. The van der Waals surface area contributed by atoms with Crippen molar-refractivity contribution in [3.8, 4) is 0 Å². The maximum atomic E-state index is 3.54. The van der Waals surface area contributed by atoms with Crippen molar-refractivity contribution in [2.75, 3.05) is 19.6 Å². The molecular formula is C10H20N2. The minimum absolute atomic E-state index is 0.823. The van der Waals surface area contributed by atoms with Crippen molar-refractivity contribution >= 4 is 0 Å². The molecule has 0 aliphatic carbocycles. The molecule has 1 N–H and O–H groups in total. The van der Waals surface area contributed by atoms with Gasteiger partial charge in [-0.3, -0.25) is 4.90 Å². The van der Waals surface area contributed by atoms with Crippen molar-refractivity contribution in [1.82, 2.24) is 10.2 Å². The molecule has 2 fully saturated rings. The molecule has 2 heterocycles. The van der Waals surface area contributed by atoms with E-state index in [0.717, 1.165) is 12.1 Å². The summed E-state index contributed by atoms with van der Waals surface area (Å²) in [7, 11) is 0. The van der Waals surface area contributed by atoms with Gasteiger partial charge in [0.1, 0.15) is 0 Å². The monoisotopic (exact) mass is 168 g/mol. The number of nitrogens with zero attached hydrogens (tertiary/aromatic N) is 1. The van der Waals surface area contributed by atoms with Gasteiger partial charge in [-0.1, -0.05) is 13.3 Å². The number of hydrogen-bond donors (Lipinski definition) is 1. The summed E-state index contributed by atoms with van der Waals surface area (Å²) < 4.78 is 0.